The Morgan fingerprint density at radius 1 is 0.621 bits per heavy atom. The Hall–Kier alpha value is -5.06. The number of hydrogen-bond donors (Lipinski definition) is 0. The highest BCUT2D eigenvalue weighted by molar-refractivity contribution is 7.33. The third-order valence-corrected chi connectivity index (χ3v) is 17.6. The van der Waals surface area contributed by atoms with Gasteiger partial charge in [-0.05, 0) is 176 Å². The molecule has 11 rings (SSSR count). The van der Waals surface area contributed by atoms with Gasteiger partial charge in [0.15, 0.2) is 0 Å². The van der Waals surface area contributed by atoms with Gasteiger partial charge in [-0.3, -0.25) is 0 Å². The normalized spacial score (nSPS) is 19.5. The third kappa shape index (κ3) is 6.54. The van der Waals surface area contributed by atoms with Crippen molar-refractivity contribution in [1.29, 1.82) is 0 Å². The zero-order chi connectivity index (χ0) is 51.0. The van der Waals surface area contributed by atoms with Crippen LogP contribution in [0.1, 0.15) is 167 Å². The highest BCUT2D eigenvalue weighted by Crippen LogP contribution is 2.55. The number of benzene rings is 6. The van der Waals surface area contributed by atoms with E-state index < -0.39 is 0 Å². The van der Waals surface area contributed by atoms with Gasteiger partial charge in [0.1, 0.15) is 0 Å². The summed E-state index contributed by atoms with van der Waals surface area (Å²) in [5.74, 6) is 0.249. The summed E-state index contributed by atoms with van der Waals surface area (Å²) >= 11 is 1.96. The van der Waals surface area contributed by atoms with Gasteiger partial charge in [-0.25, -0.2) is 0 Å². The molecule has 1 aromatic heterocycles. The molecule has 2 aliphatic heterocycles. The molecule has 0 N–H and O–H groups in total. The van der Waals surface area contributed by atoms with Crippen molar-refractivity contribution in [3.05, 3.63) is 148 Å². The second-order valence-corrected chi connectivity index (χ2v) is 25.3. The lowest BCUT2D eigenvalue weighted by Gasteiger charge is -2.45. The van der Waals surface area contributed by atoms with Crippen molar-refractivity contribution in [3.63, 3.8) is 0 Å². The van der Waals surface area contributed by atoms with Gasteiger partial charge < -0.3 is 9.80 Å². The maximum absolute atomic E-state index is 9.42. The summed E-state index contributed by atoms with van der Waals surface area (Å²) in [4.78, 5) is 5.00. The number of rotatable bonds is 4. The molecule has 0 saturated carbocycles. The van der Waals surface area contributed by atoms with Crippen LogP contribution in [0.5, 0.6) is 0 Å². The summed E-state index contributed by atoms with van der Waals surface area (Å²) in [7, 11) is 0. The minimum Gasteiger partial charge on any atom is -0.311 e. The molecule has 0 atom stereocenters. The topological polar surface area (TPSA) is 6.48 Å². The van der Waals surface area contributed by atoms with Crippen LogP contribution in [0.2, 0.25) is 0 Å². The van der Waals surface area contributed by atoms with Crippen LogP contribution in [0, 0.1) is 6.92 Å². The van der Waals surface area contributed by atoms with Crippen LogP contribution in [-0.4, -0.2) is 6.71 Å². The first kappa shape index (κ1) is 38.0. The Kier molecular flexibility index (Phi) is 8.33. The number of nitrogens with zero attached hydrogens (tertiary/aromatic N) is 2. The zero-order valence-electron chi connectivity index (χ0n) is 46.8. The van der Waals surface area contributed by atoms with Crippen LogP contribution >= 0.6 is 11.3 Å². The number of hydrogen-bond acceptors (Lipinski definition) is 3. The Bertz CT molecular complexity index is 3410. The van der Waals surface area contributed by atoms with Crippen LogP contribution in [0.4, 0.5) is 34.1 Å². The van der Waals surface area contributed by atoms with E-state index in [1.807, 2.05) is 11.3 Å². The molecule has 0 bridgehead atoms. The minimum atomic E-state index is -0.390. The smallest absolute Gasteiger partial charge is 0.264 e. The molecule has 2 aliphatic carbocycles. The molecule has 66 heavy (non-hydrogen) atoms. The third-order valence-electron chi connectivity index (χ3n) is 16.4. The molecule has 336 valence electrons. The summed E-state index contributed by atoms with van der Waals surface area (Å²) in [5.41, 5.74) is 18.7. The predicted molar refractivity (Wildman–Crippen MR) is 289 cm³/mol. The van der Waals surface area contributed by atoms with Gasteiger partial charge >= 0.3 is 0 Å². The molecule has 3 heterocycles. The first-order chi connectivity index (χ1) is 33.1. The molecule has 0 fully saturated rings. The molecule has 4 aliphatic rings. The van der Waals surface area contributed by atoms with E-state index in [1.165, 1.54) is 65.0 Å². The summed E-state index contributed by atoms with van der Waals surface area (Å²) in [5, 5.41) is 1.31. The molecule has 0 saturated heterocycles. The number of anilines is 6. The van der Waals surface area contributed by atoms with Crippen molar-refractivity contribution >= 4 is 78.0 Å². The fourth-order valence-corrected chi connectivity index (χ4v) is 13.4. The Labute approximate surface area is 407 Å². The minimum absolute atomic E-state index is 0.00230. The van der Waals surface area contributed by atoms with E-state index in [4.69, 9.17) is 4.11 Å². The van der Waals surface area contributed by atoms with E-state index in [0.29, 0.717) is 5.56 Å². The van der Waals surface area contributed by atoms with Crippen molar-refractivity contribution in [2.24, 2.45) is 0 Å². The van der Waals surface area contributed by atoms with Crippen LogP contribution < -0.4 is 25.5 Å². The molecular weight excluding hydrogens is 816 g/mol. The average Bonchev–Trinajstić information content (AvgIpc) is 3.68. The maximum Gasteiger partial charge on any atom is 0.264 e. The zero-order valence-corrected chi connectivity index (χ0v) is 42.6. The average molecular weight is 890 g/mol. The first-order valence-electron chi connectivity index (χ1n) is 27.0. The molecule has 7 aromatic rings. The second-order valence-electron chi connectivity index (χ2n) is 24.2. The van der Waals surface area contributed by atoms with Crippen molar-refractivity contribution in [2.75, 3.05) is 9.80 Å². The van der Waals surface area contributed by atoms with Gasteiger partial charge in [0.2, 0.25) is 0 Å². The largest absolute Gasteiger partial charge is 0.311 e. The molecule has 2 nitrogen and oxygen atoms in total. The van der Waals surface area contributed by atoms with Crippen molar-refractivity contribution in [2.45, 2.75) is 156 Å². The van der Waals surface area contributed by atoms with E-state index in [2.05, 4.69) is 186 Å². The summed E-state index contributed by atoms with van der Waals surface area (Å²) in [6.45, 7) is 32.5. The monoisotopic (exact) mass is 890 g/mol. The Balaban J connectivity index is 1.28. The van der Waals surface area contributed by atoms with Crippen LogP contribution in [0.3, 0.4) is 0 Å². The van der Waals surface area contributed by atoms with Crippen molar-refractivity contribution in [1.82, 2.24) is 0 Å². The second kappa shape index (κ2) is 14.5. The van der Waals surface area contributed by atoms with Crippen LogP contribution in [-0.2, 0) is 27.1 Å². The van der Waals surface area contributed by atoms with Gasteiger partial charge in [0.05, 0.1) is 18.2 Å². The van der Waals surface area contributed by atoms with E-state index in [-0.39, 0.29) is 75.5 Å². The molecule has 0 radical (unpaired) electrons. The molecule has 0 amide bonds. The number of fused-ring (bicyclic) bond motifs is 8. The number of aryl methyl sites for hydroxylation is 1. The van der Waals surface area contributed by atoms with Crippen LogP contribution in [0.15, 0.2) is 109 Å². The van der Waals surface area contributed by atoms with E-state index in [9.17, 15) is 2.74 Å². The lowest BCUT2D eigenvalue weighted by molar-refractivity contribution is 0.332. The maximum atomic E-state index is 9.42. The lowest BCUT2D eigenvalue weighted by atomic mass is 9.36. The highest BCUT2D eigenvalue weighted by Gasteiger charge is 2.47. The van der Waals surface area contributed by atoms with Gasteiger partial charge in [-0.2, -0.15) is 0 Å². The molecule has 0 unspecified atom stereocenters. The van der Waals surface area contributed by atoms with Crippen LogP contribution in [0.25, 0.3) is 21.2 Å². The fourth-order valence-electron chi connectivity index (χ4n) is 12.1. The molecule has 0 spiro atoms. The standard InChI is InChI=1S/C62H69BN2S/c1-37(2)40-20-24-49-51(32-40)65(50-25-21-41(58(4,5)6)33-43(50)39-18-16-15-17-19-39)53-31-38(3)30-52-55(53)63(49)57-56(44-35-47-48(36-54(44)66-57)62(13,14)29-28-61(47,11)12)64(52)42-22-23-45-46(34-42)60(9,10)27-26-59(45,7)8/h15-25,30-37H,26-29H2,1-14H3/i15D,16D,17D,18D,19D. The van der Waals surface area contributed by atoms with Crippen molar-refractivity contribution in [3.8, 4) is 11.1 Å². The van der Waals surface area contributed by atoms with Crippen molar-refractivity contribution < 1.29 is 6.85 Å². The summed E-state index contributed by atoms with van der Waals surface area (Å²) < 4.78 is 47.9. The van der Waals surface area contributed by atoms with E-state index >= 15 is 0 Å². The van der Waals surface area contributed by atoms with E-state index in [1.54, 1.807) is 0 Å². The number of thiophene rings is 1. The van der Waals surface area contributed by atoms with Gasteiger partial charge in [0.25, 0.3) is 6.71 Å². The Morgan fingerprint density at radius 3 is 1.86 bits per heavy atom. The summed E-state index contributed by atoms with van der Waals surface area (Å²) in [6.07, 6.45) is 4.56. The van der Waals surface area contributed by atoms with Gasteiger partial charge in [-0.1, -0.05) is 144 Å². The van der Waals surface area contributed by atoms with Gasteiger partial charge in [-0.15, -0.1) is 11.3 Å². The molecular formula is C62H69BN2S. The molecule has 6 aromatic carbocycles. The lowest BCUT2D eigenvalue weighted by Crippen LogP contribution is -2.60. The SMILES string of the molecule is [2H]c1c([2H])c([2H])c(-c2cc(C(C)(C)C)ccc2N2c3cc(C(C)C)ccc3B3c4sc5cc6c(cc5c4N(c4ccc5c(c4)C(C)(C)CCC5(C)C)c4cc(C)cc2c43)C(C)(C)CCC6(C)C)c([2H])c1[2H]. The Morgan fingerprint density at radius 2 is 1.23 bits per heavy atom. The predicted octanol–water partition coefficient (Wildman–Crippen LogP) is 16.1. The fraction of sp³-hybridized carbons (Fsp3) is 0.387. The van der Waals surface area contributed by atoms with E-state index in [0.717, 1.165) is 59.6 Å². The molecule has 4 heteroatoms. The summed E-state index contributed by atoms with van der Waals surface area (Å²) in [6, 6.07) is 29.2. The quantitative estimate of drug-likeness (QED) is 0.162. The highest BCUT2D eigenvalue weighted by atomic mass is 32.1. The van der Waals surface area contributed by atoms with Gasteiger partial charge in [0, 0.05) is 43.2 Å². The first-order valence-corrected chi connectivity index (χ1v) is 25.3.